The molecule has 0 amide bonds. The second kappa shape index (κ2) is 10.4. The van der Waals surface area contributed by atoms with Crippen LogP contribution < -0.4 is 0 Å². The fourth-order valence-electron chi connectivity index (χ4n) is 2.50. The second-order valence-corrected chi connectivity index (χ2v) is 7.15. The predicted octanol–water partition coefficient (Wildman–Crippen LogP) is 1.58. The van der Waals surface area contributed by atoms with Crippen LogP contribution in [0.2, 0.25) is 0 Å². The lowest BCUT2D eigenvalue weighted by Gasteiger charge is -2.28. The first-order valence-electron chi connectivity index (χ1n) is 8.32. The molecule has 0 radical (unpaired) electrons. The first kappa shape index (κ1) is 19.7. The molecule has 0 N–H and O–H groups in total. The molecule has 0 saturated carbocycles. The van der Waals surface area contributed by atoms with Gasteiger partial charge in [0.25, 0.3) is 6.54 Å². The number of furan rings is 1. The van der Waals surface area contributed by atoms with E-state index >= 15 is 0 Å². The molecule has 0 unspecified atom stereocenters. The molecule has 0 spiro atoms. The molecule has 2 heterocycles. The van der Waals surface area contributed by atoms with E-state index in [2.05, 4.69) is 9.89 Å². The average molecular weight is 370 g/mol. The van der Waals surface area contributed by atoms with E-state index in [1.54, 1.807) is 11.8 Å². The highest BCUT2D eigenvalue weighted by atomic mass is 32.2. The number of nitrogens with zero attached hydrogens (tertiary/aromatic N) is 4. The lowest BCUT2D eigenvalue weighted by atomic mass is 10.4. The van der Waals surface area contributed by atoms with Gasteiger partial charge in [0.15, 0.2) is 5.84 Å². The van der Waals surface area contributed by atoms with E-state index < -0.39 is 0 Å². The van der Waals surface area contributed by atoms with Gasteiger partial charge in [0.05, 0.1) is 32.1 Å². The predicted molar refractivity (Wildman–Crippen MR) is 98.8 cm³/mol. The minimum absolute atomic E-state index is 0.225. The van der Waals surface area contributed by atoms with E-state index in [0.717, 1.165) is 29.6 Å². The SMILES string of the molecule is CN(C)Cc1ccc(CSCCN=C(C[N+](=O)[O-])N2CCOCC2)o1. The highest BCUT2D eigenvalue weighted by molar-refractivity contribution is 7.98. The Balaban J connectivity index is 1.75. The van der Waals surface area contributed by atoms with Crippen molar-refractivity contribution in [2.75, 3.05) is 59.2 Å². The number of hydrogen-bond donors (Lipinski definition) is 0. The summed E-state index contributed by atoms with van der Waals surface area (Å²) in [5.74, 6) is 4.05. The number of thioether (sulfide) groups is 1. The fourth-order valence-corrected chi connectivity index (χ4v) is 3.22. The topological polar surface area (TPSA) is 84.3 Å². The van der Waals surface area contributed by atoms with Crippen molar-refractivity contribution in [2.45, 2.75) is 12.3 Å². The van der Waals surface area contributed by atoms with E-state index in [4.69, 9.17) is 9.15 Å². The second-order valence-electron chi connectivity index (χ2n) is 6.05. The molecule has 2 rings (SSSR count). The Kier molecular flexibility index (Phi) is 8.23. The molecule has 1 aromatic heterocycles. The monoisotopic (exact) mass is 370 g/mol. The number of amidine groups is 1. The van der Waals surface area contributed by atoms with Crippen LogP contribution >= 0.6 is 11.8 Å². The Morgan fingerprint density at radius 1 is 1.36 bits per heavy atom. The van der Waals surface area contributed by atoms with Gasteiger partial charge in [-0.1, -0.05) is 0 Å². The third-order valence-corrected chi connectivity index (χ3v) is 4.57. The maximum Gasteiger partial charge on any atom is 0.260 e. The van der Waals surface area contributed by atoms with Gasteiger partial charge >= 0.3 is 0 Å². The molecule has 1 saturated heterocycles. The lowest BCUT2D eigenvalue weighted by molar-refractivity contribution is -0.464. The van der Waals surface area contributed by atoms with Crippen molar-refractivity contribution in [2.24, 2.45) is 4.99 Å². The third kappa shape index (κ3) is 7.45. The maximum absolute atomic E-state index is 10.9. The summed E-state index contributed by atoms with van der Waals surface area (Å²) in [7, 11) is 4.01. The van der Waals surface area contributed by atoms with Crippen molar-refractivity contribution in [3.63, 3.8) is 0 Å². The van der Waals surface area contributed by atoms with E-state index in [0.29, 0.717) is 38.7 Å². The summed E-state index contributed by atoms with van der Waals surface area (Å²) in [5.41, 5.74) is 0. The van der Waals surface area contributed by atoms with Crippen LogP contribution in [0.5, 0.6) is 0 Å². The summed E-state index contributed by atoms with van der Waals surface area (Å²) in [4.78, 5) is 19.0. The number of hydrogen-bond acceptors (Lipinski definition) is 7. The minimum Gasteiger partial charge on any atom is -0.464 e. The first-order valence-corrected chi connectivity index (χ1v) is 9.48. The highest BCUT2D eigenvalue weighted by Crippen LogP contribution is 2.16. The fraction of sp³-hybridized carbons (Fsp3) is 0.688. The van der Waals surface area contributed by atoms with Crippen molar-refractivity contribution in [3.05, 3.63) is 33.8 Å². The molecule has 0 bridgehead atoms. The number of aliphatic imine (C=N–C) groups is 1. The number of ether oxygens (including phenoxy) is 1. The molecule has 0 aromatic carbocycles. The van der Waals surface area contributed by atoms with Crippen molar-refractivity contribution in [3.8, 4) is 0 Å². The average Bonchev–Trinajstić information content (AvgIpc) is 3.00. The smallest absolute Gasteiger partial charge is 0.260 e. The van der Waals surface area contributed by atoms with E-state index in [1.807, 2.05) is 31.1 Å². The van der Waals surface area contributed by atoms with E-state index in [-0.39, 0.29) is 11.5 Å². The van der Waals surface area contributed by atoms with Crippen LogP contribution in [0.1, 0.15) is 11.5 Å². The Bertz CT molecular complexity index is 570. The van der Waals surface area contributed by atoms with Gasteiger partial charge in [-0.15, -0.1) is 0 Å². The van der Waals surface area contributed by atoms with Gasteiger partial charge in [0.2, 0.25) is 0 Å². The Labute approximate surface area is 152 Å². The Morgan fingerprint density at radius 3 is 2.76 bits per heavy atom. The minimum atomic E-state index is -0.323. The zero-order chi connectivity index (χ0) is 18.1. The molecular formula is C16H26N4O4S. The molecule has 1 aliphatic heterocycles. The zero-order valence-electron chi connectivity index (χ0n) is 14.8. The van der Waals surface area contributed by atoms with Crippen molar-refractivity contribution >= 4 is 17.6 Å². The molecule has 1 aliphatic rings. The molecule has 1 fully saturated rings. The first-order chi connectivity index (χ1) is 12.0. The zero-order valence-corrected chi connectivity index (χ0v) is 15.7. The molecule has 1 aromatic rings. The van der Waals surface area contributed by atoms with Gasteiger partial charge in [-0.3, -0.25) is 15.1 Å². The maximum atomic E-state index is 10.9. The standard InChI is InChI=1S/C16H26N4O4S/c1-18(2)11-14-3-4-15(24-14)13-25-10-5-17-16(12-20(21)22)19-6-8-23-9-7-19/h3-4H,5-13H2,1-2H3. The summed E-state index contributed by atoms with van der Waals surface area (Å²) in [6.45, 7) is 3.66. The normalized spacial score (nSPS) is 15.8. The van der Waals surface area contributed by atoms with Crippen LogP contribution in [0.3, 0.4) is 0 Å². The summed E-state index contributed by atoms with van der Waals surface area (Å²) in [6, 6.07) is 4.00. The van der Waals surface area contributed by atoms with Crippen molar-refractivity contribution in [1.29, 1.82) is 0 Å². The van der Waals surface area contributed by atoms with Gasteiger partial charge in [0, 0.05) is 23.8 Å². The van der Waals surface area contributed by atoms with Gasteiger partial charge in [-0.25, -0.2) is 0 Å². The van der Waals surface area contributed by atoms with Crippen molar-refractivity contribution < 1.29 is 14.1 Å². The molecule has 140 valence electrons. The van der Waals surface area contributed by atoms with Crippen LogP contribution in [0.25, 0.3) is 0 Å². The molecule has 0 aliphatic carbocycles. The van der Waals surface area contributed by atoms with Crippen LogP contribution in [0, 0.1) is 10.1 Å². The lowest BCUT2D eigenvalue weighted by Crippen LogP contribution is -2.43. The quantitative estimate of drug-likeness (QED) is 0.214. The van der Waals surface area contributed by atoms with Crippen LogP contribution in [-0.2, 0) is 17.0 Å². The van der Waals surface area contributed by atoms with Crippen molar-refractivity contribution in [1.82, 2.24) is 9.80 Å². The summed E-state index contributed by atoms with van der Waals surface area (Å²) in [5, 5.41) is 10.9. The van der Waals surface area contributed by atoms with Gasteiger partial charge in [-0.05, 0) is 26.2 Å². The molecule has 9 heteroatoms. The third-order valence-electron chi connectivity index (χ3n) is 3.61. The number of morpholine rings is 1. The van der Waals surface area contributed by atoms with Gasteiger partial charge < -0.3 is 19.0 Å². The summed E-state index contributed by atoms with van der Waals surface area (Å²) in [6.07, 6.45) is 0. The Morgan fingerprint density at radius 2 is 2.08 bits per heavy atom. The number of nitro groups is 1. The number of rotatable bonds is 9. The van der Waals surface area contributed by atoms with E-state index in [1.165, 1.54) is 0 Å². The summed E-state index contributed by atoms with van der Waals surface area (Å²) >= 11 is 1.72. The molecule has 25 heavy (non-hydrogen) atoms. The van der Waals surface area contributed by atoms with Crippen LogP contribution in [0.4, 0.5) is 0 Å². The largest absolute Gasteiger partial charge is 0.464 e. The van der Waals surface area contributed by atoms with Gasteiger partial charge in [0.1, 0.15) is 11.5 Å². The summed E-state index contributed by atoms with van der Waals surface area (Å²) < 4.78 is 11.0. The molecular weight excluding hydrogens is 344 g/mol. The van der Waals surface area contributed by atoms with Crippen LogP contribution in [-0.4, -0.2) is 79.8 Å². The van der Waals surface area contributed by atoms with Gasteiger partial charge in [-0.2, -0.15) is 11.8 Å². The molecule has 0 atom stereocenters. The van der Waals surface area contributed by atoms with Crippen LogP contribution in [0.15, 0.2) is 21.5 Å². The Hall–Kier alpha value is -1.58. The molecule has 8 nitrogen and oxygen atoms in total. The highest BCUT2D eigenvalue weighted by Gasteiger charge is 2.19. The van der Waals surface area contributed by atoms with E-state index in [9.17, 15) is 10.1 Å².